The molecule has 1 aliphatic rings. The van der Waals surface area contributed by atoms with Gasteiger partial charge in [-0.25, -0.2) is 0 Å². The molecular weight excluding hydrogens is 178 g/mol. The van der Waals surface area contributed by atoms with E-state index >= 15 is 0 Å². The first-order valence-electron chi connectivity index (χ1n) is 4.96. The smallest absolute Gasteiger partial charge is 0.253 e. The van der Waals surface area contributed by atoms with Crippen LogP contribution in [0.5, 0.6) is 0 Å². The molecule has 1 aromatic rings. The van der Waals surface area contributed by atoms with Crippen LogP contribution in [0, 0.1) is 0 Å². The highest BCUT2D eigenvalue weighted by Crippen LogP contribution is 2.17. The molecule has 4 nitrogen and oxygen atoms in total. The van der Waals surface area contributed by atoms with E-state index in [2.05, 4.69) is 10.3 Å². The quantitative estimate of drug-likeness (QED) is 0.644. The Balaban J connectivity index is 1.95. The van der Waals surface area contributed by atoms with Crippen molar-refractivity contribution in [1.82, 2.24) is 10.3 Å². The number of aromatic amines is 1. The Labute approximate surface area is 82.9 Å². The maximum atomic E-state index is 11.6. The lowest BCUT2D eigenvalue weighted by Gasteiger charge is -2.16. The summed E-state index contributed by atoms with van der Waals surface area (Å²) >= 11 is 0. The lowest BCUT2D eigenvalue weighted by atomic mass is 10.2. The molecule has 0 aromatic carbocycles. The Morgan fingerprint density at radius 3 is 3.00 bits per heavy atom. The highest BCUT2D eigenvalue weighted by atomic mass is 16.1. The van der Waals surface area contributed by atoms with E-state index in [1.54, 1.807) is 18.5 Å². The van der Waals surface area contributed by atoms with Gasteiger partial charge in [0.1, 0.15) is 0 Å². The summed E-state index contributed by atoms with van der Waals surface area (Å²) in [6, 6.07) is 2.03. The summed E-state index contributed by atoms with van der Waals surface area (Å²) < 4.78 is 0. The average molecular weight is 193 g/mol. The molecule has 1 aliphatic carbocycles. The minimum Gasteiger partial charge on any atom is -0.367 e. The van der Waals surface area contributed by atoms with Crippen LogP contribution in [-0.4, -0.2) is 23.0 Å². The SMILES string of the molecule is NC1CCCC1NC(=O)c1cc[nH]c1. The van der Waals surface area contributed by atoms with Crippen molar-refractivity contribution >= 4 is 5.91 Å². The van der Waals surface area contributed by atoms with Crippen LogP contribution in [0.3, 0.4) is 0 Å². The summed E-state index contributed by atoms with van der Waals surface area (Å²) in [7, 11) is 0. The molecule has 0 aliphatic heterocycles. The van der Waals surface area contributed by atoms with Gasteiger partial charge in [-0.15, -0.1) is 0 Å². The predicted molar refractivity (Wildman–Crippen MR) is 53.9 cm³/mol. The van der Waals surface area contributed by atoms with Crippen LogP contribution in [0.1, 0.15) is 29.6 Å². The Hall–Kier alpha value is -1.29. The van der Waals surface area contributed by atoms with Crippen LogP contribution in [0.25, 0.3) is 0 Å². The summed E-state index contributed by atoms with van der Waals surface area (Å²) in [5.74, 6) is -0.0337. The van der Waals surface area contributed by atoms with Crippen molar-refractivity contribution in [1.29, 1.82) is 0 Å². The highest BCUT2D eigenvalue weighted by molar-refractivity contribution is 5.94. The van der Waals surface area contributed by atoms with Gasteiger partial charge in [-0.2, -0.15) is 0 Å². The molecular formula is C10H15N3O. The van der Waals surface area contributed by atoms with Gasteiger partial charge in [0.05, 0.1) is 5.56 Å². The van der Waals surface area contributed by atoms with Gasteiger partial charge in [0.25, 0.3) is 5.91 Å². The molecule has 4 heteroatoms. The fourth-order valence-corrected chi connectivity index (χ4v) is 1.88. The Morgan fingerprint density at radius 2 is 2.43 bits per heavy atom. The summed E-state index contributed by atoms with van der Waals surface area (Å²) in [6.45, 7) is 0. The zero-order valence-corrected chi connectivity index (χ0v) is 7.99. The zero-order chi connectivity index (χ0) is 9.97. The molecule has 0 spiro atoms. The third-order valence-corrected chi connectivity index (χ3v) is 2.75. The van der Waals surface area contributed by atoms with Crippen molar-refractivity contribution < 1.29 is 4.79 Å². The van der Waals surface area contributed by atoms with Crippen molar-refractivity contribution in [2.75, 3.05) is 0 Å². The molecule has 1 fully saturated rings. The number of hydrogen-bond donors (Lipinski definition) is 3. The number of aromatic nitrogens is 1. The van der Waals surface area contributed by atoms with E-state index < -0.39 is 0 Å². The summed E-state index contributed by atoms with van der Waals surface area (Å²) in [4.78, 5) is 14.5. The molecule has 1 saturated carbocycles. The summed E-state index contributed by atoms with van der Waals surface area (Å²) in [5, 5.41) is 2.95. The first-order valence-corrected chi connectivity index (χ1v) is 4.96. The van der Waals surface area contributed by atoms with Crippen LogP contribution in [-0.2, 0) is 0 Å². The first kappa shape index (κ1) is 9.27. The van der Waals surface area contributed by atoms with Gasteiger partial charge < -0.3 is 16.0 Å². The lowest BCUT2D eigenvalue weighted by molar-refractivity contribution is 0.0935. The van der Waals surface area contributed by atoms with Gasteiger partial charge in [0.2, 0.25) is 0 Å². The average Bonchev–Trinajstić information content (AvgIpc) is 2.77. The maximum absolute atomic E-state index is 11.6. The zero-order valence-electron chi connectivity index (χ0n) is 7.99. The van der Waals surface area contributed by atoms with E-state index in [1.807, 2.05) is 0 Å². The molecule has 1 aromatic heterocycles. The third kappa shape index (κ3) is 1.80. The molecule has 76 valence electrons. The molecule has 4 N–H and O–H groups in total. The maximum Gasteiger partial charge on any atom is 0.253 e. The predicted octanol–water partition coefficient (Wildman–Crippen LogP) is 0.624. The summed E-state index contributed by atoms with van der Waals surface area (Å²) in [5.41, 5.74) is 6.53. The number of carbonyl (C=O) groups is 1. The van der Waals surface area contributed by atoms with Crippen molar-refractivity contribution in [3.05, 3.63) is 24.0 Å². The van der Waals surface area contributed by atoms with Crippen molar-refractivity contribution in [2.24, 2.45) is 5.73 Å². The molecule has 0 radical (unpaired) electrons. The lowest BCUT2D eigenvalue weighted by Crippen LogP contribution is -2.43. The van der Waals surface area contributed by atoms with Crippen molar-refractivity contribution in [3.8, 4) is 0 Å². The molecule has 2 rings (SSSR count). The van der Waals surface area contributed by atoms with Gasteiger partial charge >= 0.3 is 0 Å². The highest BCUT2D eigenvalue weighted by Gasteiger charge is 2.25. The molecule has 2 atom stereocenters. The largest absolute Gasteiger partial charge is 0.367 e. The van der Waals surface area contributed by atoms with Gasteiger partial charge in [0.15, 0.2) is 0 Å². The Kier molecular flexibility index (Phi) is 2.54. The first-order chi connectivity index (χ1) is 6.77. The van der Waals surface area contributed by atoms with Crippen LogP contribution in [0.2, 0.25) is 0 Å². The standard InChI is InChI=1S/C10H15N3O/c11-8-2-1-3-9(8)13-10(14)7-4-5-12-6-7/h4-6,8-9,12H,1-3,11H2,(H,13,14). The fourth-order valence-electron chi connectivity index (χ4n) is 1.88. The number of nitrogens with two attached hydrogens (primary N) is 1. The Bertz CT molecular complexity index is 307. The normalized spacial score (nSPS) is 26.4. The number of nitrogens with one attached hydrogen (secondary N) is 2. The van der Waals surface area contributed by atoms with Crippen LogP contribution in [0.4, 0.5) is 0 Å². The molecule has 1 heterocycles. The van der Waals surface area contributed by atoms with Crippen LogP contribution >= 0.6 is 0 Å². The van der Waals surface area contributed by atoms with Crippen molar-refractivity contribution in [2.45, 2.75) is 31.3 Å². The molecule has 14 heavy (non-hydrogen) atoms. The fraction of sp³-hybridized carbons (Fsp3) is 0.500. The van der Waals surface area contributed by atoms with E-state index in [0.29, 0.717) is 5.56 Å². The number of amides is 1. The van der Waals surface area contributed by atoms with Gasteiger partial charge in [-0.1, -0.05) is 0 Å². The van der Waals surface area contributed by atoms with E-state index in [0.717, 1.165) is 19.3 Å². The molecule has 1 amide bonds. The minimum atomic E-state index is -0.0337. The number of carbonyl (C=O) groups excluding carboxylic acids is 1. The molecule has 0 bridgehead atoms. The van der Waals surface area contributed by atoms with E-state index in [-0.39, 0.29) is 18.0 Å². The summed E-state index contributed by atoms with van der Waals surface area (Å²) in [6.07, 6.45) is 6.55. The second-order valence-electron chi connectivity index (χ2n) is 3.77. The van der Waals surface area contributed by atoms with E-state index in [1.165, 1.54) is 0 Å². The Morgan fingerprint density at radius 1 is 1.57 bits per heavy atom. The number of hydrogen-bond acceptors (Lipinski definition) is 2. The van der Waals surface area contributed by atoms with Crippen LogP contribution < -0.4 is 11.1 Å². The monoisotopic (exact) mass is 193 g/mol. The van der Waals surface area contributed by atoms with E-state index in [4.69, 9.17) is 5.73 Å². The van der Waals surface area contributed by atoms with Gasteiger partial charge in [-0.3, -0.25) is 4.79 Å². The van der Waals surface area contributed by atoms with Crippen molar-refractivity contribution in [3.63, 3.8) is 0 Å². The third-order valence-electron chi connectivity index (χ3n) is 2.75. The van der Waals surface area contributed by atoms with E-state index in [9.17, 15) is 4.79 Å². The van der Waals surface area contributed by atoms with Gasteiger partial charge in [0, 0.05) is 24.5 Å². The molecule has 0 saturated heterocycles. The van der Waals surface area contributed by atoms with Crippen LogP contribution in [0.15, 0.2) is 18.5 Å². The minimum absolute atomic E-state index is 0.0337. The second kappa shape index (κ2) is 3.84. The second-order valence-corrected chi connectivity index (χ2v) is 3.77. The topological polar surface area (TPSA) is 70.9 Å². The number of H-pyrrole nitrogens is 1. The van der Waals surface area contributed by atoms with Gasteiger partial charge in [-0.05, 0) is 25.3 Å². The number of rotatable bonds is 2. The molecule has 2 unspecified atom stereocenters.